The second-order valence-corrected chi connectivity index (χ2v) is 3.83. The lowest BCUT2D eigenvalue weighted by atomic mass is 9.98. The Morgan fingerprint density at radius 1 is 1.31 bits per heavy atom. The van der Waals surface area contributed by atoms with Crippen LogP contribution in [0.3, 0.4) is 0 Å². The molecule has 0 aliphatic heterocycles. The van der Waals surface area contributed by atoms with Crippen molar-refractivity contribution in [2.45, 2.75) is 45.6 Å². The maximum Gasteiger partial charge on any atom is 0.328 e. The Morgan fingerprint density at radius 2 is 1.94 bits per heavy atom. The molecule has 5 nitrogen and oxygen atoms in total. The minimum atomic E-state index is -1.21. The number of aliphatic hydroxyl groups is 1. The Kier molecular flexibility index (Phi) is 7.54. The topological polar surface area (TPSA) is 86.6 Å². The summed E-state index contributed by atoms with van der Waals surface area (Å²) < 4.78 is 0. The van der Waals surface area contributed by atoms with E-state index < -0.39 is 18.6 Å². The summed E-state index contributed by atoms with van der Waals surface area (Å²) in [5.74, 6) is -1.65. The van der Waals surface area contributed by atoms with Crippen molar-refractivity contribution in [2.75, 3.05) is 6.61 Å². The third kappa shape index (κ3) is 5.11. The molecule has 0 heterocycles. The summed E-state index contributed by atoms with van der Waals surface area (Å²) in [5, 5.41) is 19.8. The quantitative estimate of drug-likeness (QED) is 0.575. The van der Waals surface area contributed by atoms with Gasteiger partial charge in [-0.25, -0.2) is 4.79 Å². The fourth-order valence-electron chi connectivity index (χ4n) is 1.45. The lowest BCUT2D eigenvalue weighted by Gasteiger charge is -2.17. The van der Waals surface area contributed by atoms with Crippen molar-refractivity contribution in [3.05, 3.63) is 0 Å². The van der Waals surface area contributed by atoms with E-state index >= 15 is 0 Å². The van der Waals surface area contributed by atoms with Crippen LogP contribution in [-0.2, 0) is 9.59 Å². The molecular formula is C11H21NO4. The van der Waals surface area contributed by atoms with Crippen molar-refractivity contribution in [3.8, 4) is 0 Å². The van der Waals surface area contributed by atoms with E-state index in [4.69, 9.17) is 10.2 Å². The van der Waals surface area contributed by atoms with Gasteiger partial charge in [0.25, 0.3) is 0 Å². The van der Waals surface area contributed by atoms with Gasteiger partial charge in [-0.15, -0.1) is 0 Å². The predicted molar refractivity (Wildman–Crippen MR) is 60.0 cm³/mol. The number of unbranched alkanes of at least 4 members (excludes halogenated alkanes) is 1. The van der Waals surface area contributed by atoms with Gasteiger partial charge in [0, 0.05) is 5.92 Å². The average Bonchev–Trinajstić information content (AvgIpc) is 2.26. The summed E-state index contributed by atoms with van der Waals surface area (Å²) in [5.41, 5.74) is 0. The molecule has 0 fully saturated rings. The molecule has 0 spiro atoms. The van der Waals surface area contributed by atoms with E-state index in [1.807, 2.05) is 13.8 Å². The third-order valence-corrected chi connectivity index (χ3v) is 2.57. The maximum atomic E-state index is 11.7. The summed E-state index contributed by atoms with van der Waals surface area (Å²) >= 11 is 0. The van der Waals surface area contributed by atoms with Crippen LogP contribution in [0.2, 0.25) is 0 Å². The molecule has 2 atom stereocenters. The molecule has 94 valence electrons. The largest absolute Gasteiger partial charge is 0.480 e. The highest BCUT2D eigenvalue weighted by Gasteiger charge is 2.23. The first-order chi connectivity index (χ1) is 7.56. The van der Waals surface area contributed by atoms with Crippen LogP contribution in [0.5, 0.6) is 0 Å². The minimum absolute atomic E-state index is 0.159. The third-order valence-electron chi connectivity index (χ3n) is 2.57. The normalized spacial score (nSPS) is 14.2. The summed E-state index contributed by atoms with van der Waals surface area (Å²) in [7, 11) is 0. The average molecular weight is 231 g/mol. The van der Waals surface area contributed by atoms with Gasteiger partial charge in [0.15, 0.2) is 0 Å². The standard InChI is InChI=1S/C11H21NO4/c1-3-5-6-8(4-2)10(14)12-9(7-13)11(15)16/h8-9,13H,3-7H2,1-2H3,(H,12,14)(H,15,16). The number of aliphatic hydroxyl groups excluding tert-OH is 1. The molecule has 0 aromatic carbocycles. The Hall–Kier alpha value is -1.10. The van der Waals surface area contributed by atoms with Gasteiger partial charge in [-0.1, -0.05) is 26.7 Å². The SMILES string of the molecule is CCCCC(CC)C(=O)NC(CO)C(=O)O. The molecule has 0 rings (SSSR count). The van der Waals surface area contributed by atoms with Crippen LogP contribution in [-0.4, -0.2) is 34.7 Å². The summed E-state index contributed by atoms with van der Waals surface area (Å²) in [6.07, 6.45) is 3.40. The smallest absolute Gasteiger partial charge is 0.328 e. The van der Waals surface area contributed by atoms with E-state index in [2.05, 4.69) is 5.32 Å². The first-order valence-corrected chi connectivity index (χ1v) is 5.70. The number of carbonyl (C=O) groups is 2. The van der Waals surface area contributed by atoms with Crippen LogP contribution in [0, 0.1) is 5.92 Å². The lowest BCUT2D eigenvalue weighted by molar-refractivity contribution is -0.143. The van der Waals surface area contributed by atoms with E-state index in [9.17, 15) is 9.59 Å². The maximum absolute atomic E-state index is 11.7. The monoisotopic (exact) mass is 231 g/mol. The number of rotatable bonds is 8. The summed E-state index contributed by atoms with van der Waals surface area (Å²) in [6.45, 7) is 3.36. The number of carbonyl (C=O) groups excluding carboxylic acids is 1. The van der Waals surface area contributed by atoms with Crippen molar-refractivity contribution in [3.63, 3.8) is 0 Å². The second kappa shape index (κ2) is 8.10. The van der Waals surface area contributed by atoms with E-state index in [0.717, 1.165) is 19.3 Å². The zero-order valence-corrected chi connectivity index (χ0v) is 9.90. The molecule has 0 aromatic rings. The van der Waals surface area contributed by atoms with E-state index in [-0.39, 0.29) is 11.8 Å². The van der Waals surface area contributed by atoms with Crippen molar-refractivity contribution < 1.29 is 19.8 Å². The summed E-state index contributed by atoms with van der Waals surface area (Å²) in [6, 6.07) is -1.19. The van der Waals surface area contributed by atoms with Gasteiger partial charge in [-0.05, 0) is 12.8 Å². The van der Waals surface area contributed by atoms with Crippen LogP contribution in [0.4, 0.5) is 0 Å². The van der Waals surface area contributed by atoms with Crippen LogP contribution in [0.1, 0.15) is 39.5 Å². The fraction of sp³-hybridized carbons (Fsp3) is 0.818. The van der Waals surface area contributed by atoms with Gasteiger partial charge in [0.1, 0.15) is 6.04 Å². The van der Waals surface area contributed by atoms with Crippen LogP contribution in [0.15, 0.2) is 0 Å². The molecule has 3 N–H and O–H groups in total. The van der Waals surface area contributed by atoms with Crippen LogP contribution >= 0.6 is 0 Å². The number of hydrogen-bond acceptors (Lipinski definition) is 3. The lowest BCUT2D eigenvalue weighted by Crippen LogP contribution is -2.45. The zero-order valence-electron chi connectivity index (χ0n) is 9.90. The Labute approximate surface area is 95.9 Å². The van der Waals surface area contributed by atoms with Gasteiger partial charge in [-0.2, -0.15) is 0 Å². The Morgan fingerprint density at radius 3 is 2.31 bits per heavy atom. The number of carboxylic acid groups (broad SMARTS) is 1. The molecule has 16 heavy (non-hydrogen) atoms. The predicted octanol–water partition coefficient (Wildman–Crippen LogP) is 0.764. The van der Waals surface area contributed by atoms with Gasteiger partial charge >= 0.3 is 5.97 Å². The molecule has 5 heteroatoms. The highest BCUT2D eigenvalue weighted by atomic mass is 16.4. The molecule has 0 aliphatic rings. The van der Waals surface area contributed by atoms with Crippen LogP contribution in [0.25, 0.3) is 0 Å². The van der Waals surface area contributed by atoms with Crippen molar-refractivity contribution in [2.24, 2.45) is 5.92 Å². The number of hydrogen-bond donors (Lipinski definition) is 3. The van der Waals surface area contributed by atoms with E-state index in [0.29, 0.717) is 6.42 Å². The second-order valence-electron chi connectivity index (χ2n) is 3.83. The minimum Gasteiger partial charge on any atom is -0.480 e. The first-order valence-electron chi connectivity index (χ1n) is 5.70. The molecular weight excluding hydrogens is 210 g/mol. The Bertz CT molecular complexity index is 230. The van der Waals surface area contributed by atoms with E-state index in [1.54, 1.807) is 0 Å². The number of nitrogens with one attached hydrogen (secondary N) is 1. The van der Waals surface area contributed by atoms with Crippen molar-refractivity contribution in [1.82, 2.24) is 5.32 Å². The van der Waals surface area contributed by atoms with Gasteiger partial charge in [-0.3, -0.25) is 4.79 Å². The molecule has 0 aliphatic carbocycles. The highest BCUT2D eigenvalue weighted by Crippen LogP contribution is 2.12. The molecule has 0 saturated carbocycles. The molecule has 0 radical (unpaired) electrons. The van der Waals surface area contributed by atoms with Crippen molar-refractivity contribution >= 4 is 11.9 Å². The van der Waals surface area contributed by atoms with Crippen LogP contribution < -0.4 is 5.32 Å². The fourth-order valence-corrected chi connectivity index (χ4v) is 1.45. The van der Waals surface area contributed by atoms with Gasteiger partial charge in [0.05, 0.1) is 6.61 Å². The number of amides is 1. The van der Waals surface area contributed by atoms with E-state index in [1.165, 1.54) is 0 Å². The zero-order chi connectivity index (χ0) is 12.6. The van der Waals surface area contributed by atoms with Gasteiger partial charge in [0.2, 0.25) is 5.91 Å². The molecule has 2 unspecified atom stereocenters. The Balaban J connectivity index is 4.23. The molecule has 1 amide bonds. The number of aliphatic carboxylic acids is 1. The first kappa shape index (κ1) is 14.9. The number of carboxylic acids is 1. The molecule has 0 saturated heterocycles. The molecule has 0 aromatic heterocycles. The van der Waals surface area contributed by atoms with Gasteiger partial charge < -0.3 is 15.5 Å². The highest BCUT2D eigenvalue weighted by molar-refractivity contribution is 5.84. The van der Waals surface area contributed by atoms with Crippen molar-refractivity contribution in [1.29, 1.82) is 0 Å². The molecule has 0 bridgehead atoms. The summed E-state index contributed by atoms with van der Waals surface area (Å²) in [4.78, 5) is 22.3.